The lowest BCUT2D eigenvalue weighted by Crippen LogP contribution is -2.24. The van der Waals surface area contributed by atoms with Crippen molar-refractivity contribution in [2.45, 2.75) is 24.7 Å². The van der Waals surface area contributed by atoms with Gasteiger partial charge in [0.15, 0.2) is 0 Å². The van der Waals surface area contributed by atoms with Gasteiger partial charge in [-0.25, -0.2) is 4.79 Å². The number of fused-ring (bicyclic) bond motifs is 2. The van der Waals surface area contributed by atoms with Crippen molar-refractivity contribution >= 4 is 21.7 Å². The van der Waals surface area contributed by atoms with Gasteiger partial charge in [-0.05, 0) is 34.5 Å². The second kappa shape index (κ2) is 5.55. The van der Waals surface area contributed by atoms with Crippen molar-refractivity contribution in [2.75, 3.05) is 6.61 Å². The van der Waals surface area contributed by atoms with Gasteiger partial charge in [0.1, 0.15) is 6.10 Å². The lowest BCUT2D eigenvalue weighted by molar-refractivity contribution is -0.0225. The Bertz CT molecular complexity index is 1040. The van der Waals surface area contributed by atoms with Gasteiger partial charge < -0.3 is 19.9 Å². The van der Waals surface area contributed by atoms with Gasteiger partial charge in [0.2, 0.25) is 0 Å². The summed E-state index contributed by atoms with van der Waals surface area (Å²) in [5.41, 5.74) is 0.385. The molecule has 3 atom stereocenters. The van der Waals surface area contributed by atoms with E-state index < -0.39 is 23.5 Å². The zero-order valence-corrected chi connectivity index (χ0v) is 12.7. The summed E-state index contributed by atoms with van der Waals surface area (Å²) in [5.74, 6) is 0. The van der Waals surface area contributed by atoms with Crippen LogP contribution in [0.25, 0.3) is 21.7 Å². The van der Waals surface area contributed by atoms with Crippen LogP contribution < -0.4 is 11.2 Å². The fraction of sp³-hybridized carbons (Fsp3) is 0.294. The highest BCUT2D eigenvalue weighted by Crippen LogP contribution is 2.34. The molecule has 0 spiro atoms. The molecule has 2 heterocycles. The summed E-state index contributed by atoms with van der Waals surface area (Å²) in [4.78, 5) is 28.2. The molecule has 2 aromatic carbocycles. The number of benzene rings is 2. The molecule has 4 rings (SSSR count). The Morgan fingerprint density at radius 3 is 2.71 bits per heavy atom. The van der Waals surface area contributed by atoms with Gasteiger partial charge in [-0.2, -0.15) is 0 Å². The van der Waals surface area contributed by atoms with Crippen LogP contribution >= 0.6 is 0 Å². The van der Waals surface area contributed by atoms with E-state index >= 15 is 0 Å². The van der Waals surface area contributed by atoms with E-state index in [9.17, 15) is 19.8 Å². The Morgan fingerprint density at radius 2 is 1.96 bits per heavy atom. The normalized spacial score (nSPS) is 24.0. The number of hydrogen-bond acceptors (Lipinski definition) is 5. The van der Waals surface area contributed by atoms with E-state index in [1.807, 2.05) is 18.2 Å². The summed E-state index contributed by atoms with van der Waals surface area (Å²) < 4.78 is 5.67. The molecule has 1 aromatic heterocycles. The average molecular weight is 328 g/mol. The van der Waals surface area contributed by atoms with Crippen molar-refractivity contribution in [1.29, 1.82) is 0 Å². The van der Waals surface area contributed by atoms with Crippen molar-refractivity contribution in [1.82, 2.24) is 9.97 Å². The molecule has 7 nitrogen and oxygen atoms in total. The summed E-state index contributed by atoms with van der Waals surface area (Å²) >= 11 is 0. The monoisotopic (exact) mass is 328 g/mol. The minimum Gasteiger partial charge on any atom is -0.394 e. The Balaban J connectivity index is 1.82. The number of ether oxygens (including phenoxy) is 1. The molecule has 0 bridgehead atoms. The molecule has 1 aliphatic rings. The summed E-state index contributed by atoms with van der Waals surface area (Å²) in [7, 11) is 0. The fourth-order valence-electron chi connectivity index (χ4n) is 3.24. The summed E-state index contributed by atoms with van der Waals surface area (Å²) in [5, 5.41) is 21.2. The van der Waals surface area contributed by atoms with Gasteiger partial charge in [-0.1, -0.05) is 12.1 Å². The molecule has 0 amide bonds. The van der Waals surface area contributed by atoms with E-state index in [2.05, 4.69) is 9.97 Å². The predicted octanol–water partition coefficient (Wildman–Crippen LogP) is 0.553. The smallest absolute Gasteiger partial charge is 0.326 e. The van der Waals surface area contributed by atoms with Crippen LogP contribution in [0.4, 0.5) is 0 Å². The number of aromatic nitrogens is 2. The van der Waals surface area contributed by atoms with Gasteiger partial charge in [0.05, 0.1) is 29.7 Å². The molecule has 0 aliphatic carbocycles. The Kier molecular flexibility index (Phi) is 3.49. The molecule has 7 heteroatoms. The molecule has 1 fully saturated rings. The van der Waals surface area contributed by atoms with E-state index in [0.29, 0.717) is 17.3 Å². The van der Waals surface area contributed by atoms with Crippen molar-refractivity contribution in [2.24, 2.45) is 0 Å². The summed E-state index contributed by atoms with van der Waals surface area (Å²) in [6.07, 6.45) is -1.15. The van der Waals surface area contributed by atoms with Crippen LogP contribution in [-0.4, -0.2) is 39.0 Å². The highest BCUT2D eigenvalue weighted by Gasteiger charge is 2.34. The summed E-state index contributed by atoms with van der Waals surface area (Å²) in [6, 6.07) is 9.14. The molecule has 1 aliphatic heterocycles. The molecule has 0 unspecified atom stereocenters. The number of rotatable bonds is 2. The Labute approximate surface area is 135 Å². The van der Waals surface area contributed by atoms with Crippen LogP contribution in [0.15, 0.2) is 39.9 Å². The number of hydrogen-bond donors (Lipinski definition) is 4. The Morgan fingerprint density at radius 1 is 1.12 bits per heavy atom. The second-order valence-corrected chi connectivity index (χ2v) is 6.06. The number of aromatic amines is 2. The maximum absolute atomic E-state index is 11.9. The topological polar surface area (TPSA) is 115 Å². The molecule has 4 N–H and O–H groups in total. The first-order valence-corrected chi connectivity index (χ1v) is 7.69. The van der Waals surface area contributed by atoms with Crippen LogP contribution in [0.5, 0.6) is 0 Å². The van der Waals surface area contributed by atoms with E-state index in [1.54, 1.807) is 12.1 Å². The van der Waals surface area contributed by atoms with Crippen LogP contribution in [0.3, 0.4) is 0 Å². The van der Waals surface area contributed by atoms with Crippen molar-refractivity contribution in [3.63, 3.8) is 0 Å². The predicted molar refractivity (Wildman–Crippen MR) is 88.0 cm³/mol. The number of nitrogens with one attached hydrogen (secondary N) is 2. The number of aliphatic hydroxyl groups is 2. The minimum absolute atomic E-state index is 0.224. The molecular formula is C17H16N2O5. The zero-order valence-electron chi connectivity index (χ0n) is 12.7. The van der Waals surface area contributed by atoms with E-state index in [0.717, 1.165) is 16.3 Å². The highest BCUT2D eigenvalue weighted by molar-refractivity contribution is 5.96. The van der Waals surface area contributed by atoms with Crippen LogP contribution in [0.1, 0.15) is 18.1 Å². The van der Waals surface area contributed by atoms with Crippen LogP contribution in [-0.2, 0) is 4.74 Å². The Hall–Kier alpha value is -2.48. The van der Waals surface area contributed by atoms with E-state index in [1.165, 1.54) is 0 Å². The molecule has 124 valence electrons. The van der Waals surface area contributed by atoms with Gasteiger partial charge in [0.25, 0.3) is 5.56 Å². The van der Waals surface area contributed by atoms with Crippen LogP contribution in [0, 0.1) is 0 Å². The third kappa shape index (κ3) is 2.43. The van der Waals surface area contributed by atoms with Crippen molar-refractivity contribution in [3.8, 4) is 0 Å². The standard InChI is InChI=1S/C17H16N2O5/c20-7-15-13(21)6-14(24-15)9-2-1-8-5-12-11(4-10(8)3-9)16(22)19-17(23)18-12/h1-5,13-15,20-21H,6-7H2,(H2,18,19,22,23)/t13-,14+,15+/m0/s1. The molecule has 3 aromatic rings. The van der Waals surface area contributed by atoms with Gasteiger partial charge in [0, 0.05) is 6.42 Å². The SMILES string of the molecule is O=c1[nH]c(=O)c2cc3cc([C@H]4C[C@H](O)[C@@H](CO)O4)ccc3cc2[nH]1. The third-order valence-electron chi connectivity index (χ3n) is 4.50. The first-order valence-electron chi connectivity index (χ1n) is 7.69. The first kappa shape index (κ1) is 15.1. The van der Waals surface area contributed by atoms with Gasteiger partial charge in [-0.15, -0.1) is 0 Å². The average Bonchev–Trinajstić information content (AvgIpc) is 2.94. The maximum Gasteiger partial charge on any atom is 0.326 e. The van der Waals surface area contributed by atoms with Crippen molar-refractivity contribution in [3.05, 3.63) is 56.7 Å². The van der Waals surface area contributed by atoms with Gasteiger partial charge in [-0.3, -0.25) is 9.78 Å². The number of aliphatic hydroxyl groups excluding tert-OH is 2. The molecule has 0 radical (unpaired) electrons. The van der Waals surface area contributed by atoms with Crippen LogP contribution in [0.2, 0.25) is 0 Å². The number of H-pyrrole nitrogens is 2. The minimum atomic E-state index is -0.694. The molecule has 1 saturated heterocycles. The van der Waals surface area contributed by atoms with Gasteiger partial charge >= 0.3 is 5.69 Å². The zero-order chi connectivity index (χ0) is 16.8. The largest absolute Gasteiger partial charge is 0.394 e. The first-order chi connectivity index (χ1) is 11.5. The summed E-state index contributed by atoms with van der Waals surface area (Å²) in [6.45, 7) is -0.224. The fourth-order valence-corrected chi connectivity index (χ4v) is 3.24. The lowest BCUT2D eigenvalue weighted by Gasteiger charge is -2.13. The molecule has 24 heavy (non-hydrogen) atoms. The quantitative estimate of drug-likeness (QED) is 0.513. The molecular weight excluding hydrogens is 312 g/mol. The molecule has 0 saturated carbocycles. The van der Waals surface area contributed by atoms with Crippen molar-refractivity contribution < 1.29 is 14.9 Å². The van der Waals surface area contributed by atoms with E-state index in [-0.39, 0.29) is 12.7 Å². The highest BCUT2D eigenvalue weighted by atomic mass is 16.5. The lowest BCUT2D eigenvalue weighted by atomic mass is 10.00. The third-order valence-corrected chi connectivity index (χ3v) is 4.50. The maximum atomic E-state index is 11.9. The van der Waals surface area contributed by atoms with E-state index in [4.69, 9.17) is 4.74 Å². The second-order valence-electron chi connectivity index (χ2n) is 6.06.